The zero-order valence-corrected chi connectivity index (χ0v) is 18.3. The van der Waals surface area contributed by atoms with Crippen molar-refractivity contribution < 1.29 is 0 Å². The van der Waals surface area contributed by atoms with Gasteiger partial charge in [-0.3, -0.25) is 0 Å². The van der Waals surface area contributed by atoms with E-state index in [4.69, 9.17) is 0 Å². The van der Waals surface area contributed by atoms with Crippen LogP contribution >= 0.6 is 0 Å². The second-order valence-corrected chi connectivity index (χ2v) is 9.02. The SMILES string of the molecule is CCCCc1ccc(CCc2ccc([C@H]3CC[C@H](CCCC)CC3)cc2)cc1. The van der Waals surface area contributed by atoms with Crippen LogP contribution in [0.25, 0.3) is 0 Å². The highest BCUT2D eigenvalue weighted by atomic mass is 14.3. The molecule has 152 valence electrons. The Morgan fingerprint density at radius 2 is 1.11 bits per heavy atom. The van der Waals surface area contributed by atoms with Crippen LogP contribution in [-0.2, 0) is 19.3 Å². The normalized spacial score (nSPS) is 19.6. The van der Waals surface area contributed by atoms with Crippen LogP contribution in [0.2, 0.25) is 0 Å². The standard InChI is InChI=1S/C28H40/c1-3-5-7-23-9-11-25(12-10-23)13-14-26-17-21-28(22-18-26)27-19-15-24(16-20-27)8-6-4-2/h9-12,17-18,21-22,24,27H,3-8,13-16,19-20H2,1-2H3/t24-,27-. The van der Waals surface area contributed by atoms with E-state index >= 15 is 0 Å². The topological polar surface area (TPSA) is 0 Å². The maximum Gasteiger partial charge on any atom is -0.0162 e. The van der Waals surface area contributed by atoms with Gasteiger partial charge in [-0.2, -0.15) is 0 Å². The highest BCUT2D eigenvalue weighted by molar-refractivity contribution is 5.28. The van der Waals surface area contributed by atoms with Gasteiger partial charge in [-0.15, -0.1) is 0 Å². The van der Waals surface area contributed by atoms with Gasteiger partial charge in [0.15, 0.2) is 0 Å². The molecule has 2 aromatic carbocycles. The predicted octanol–water partition coefficient (Wildman–Crippen LogP) is 8.28. The molecule has 0 spiro atoms. The van der Waals surface area contributed by atoms with Gasteiger partial charge >= 0.3 is 0 Å². The molecule has 0 heteroatoms. The molecule has 0 heterocycles. The first kappa shape index (κ1) is 21.2. The Morgan fingerprint density at radius 3 is 1.64 bits per heavy atom. The molecule has 0 atom stereocenters. The fourth-order valence-corrected chi connectivity index (χ4v) is 4.78. The van der Waals surface area contributed by atoms with Crippen LogP contribution in [0.4, 0.5) is 0 Å². The summed E-state index contributed by atoms with van der Waals surface area (Å²) in [6.45, 7) is 4.58. The van der Waals surface area contributed by atoms with Gasteiger partial charge in [0, 0.05) is 0 Å². The summed E-state index contributed by atoms with van der Waals surface area (Å²) in [5.74, 6) is 1.81. The van der Waals surface area contributed by atoms with Crippen molar-refractivity contribution in [1.82, 2.24) is 0 Å². The zero-order valence-electron chi connectivity index (χ0n) is 18.3. The number of benzene rings is 2. The summed E-state index contributed by atoms with van der Waals surface area (Å²) in [7, 11) is 0. The van der Waals surface area contributed by atoms with Gasteiger partial charge in [-0.25, -0.2) is 0 Å². The van der Waals surface area contributed by atoms with E-state index in [0.717, 1.165) is 24.7 Å². The maximum atomic E-state index is 2.42. The molecule has 2 aromatic rings. The highest BCUT2D eigenvalue weighted by Crippen LogP contribution is 2.37. The predicted molar refractivity (Wildman–Crippen MR) is 123 cm³/mol. The zero-order chi connectivity index (χ0) is 19.6. The summed E-state index contributed by atoms with van der Waals surface area (Å²) < 4.78 is 0. The molecule has 3 rings (SSSR count). The van der Waals surface area contributed by atoms with Gasteiger partial charge in [0.25, 0.3) is 0 Å². The minimum Gasteiger partial charge on any atom is -0.0654 e. The van der Waals surface area contributed by atoms with E-state index in [0.29, 0.717) is 0 Å². The van der Waals surface area contributed by atoms with Crippen molar-refractivity contribution in [3.05, 3.63) is 70.8 Å². The number of unbranched alkanes of at least 4 members (excludes halogenated alkanes) is 2. The quantitative estimate of drug-likeness (QED) is 0.391. The van der Waals surface area contributed by atoms with Crippen LogP contribution in [0.5, 0.6) is 0 Å². The van der Waals surface area contributed by atoms with Crippen LogP contribution in [0.15, 0.2) is 48.5 Å². The largest absolute Gasteiger partial charge is 0.0654 e. The molecule has 1 aliphatic carbocycles. The summed E-state index contributed by atoms with van der Waals surface area (Å²) in [5.41, 5.74) is 6.02. The lowest BCUT2D eigenvalue weighted by Gasteiger charge is -2.29. The van der Waals surface area contributed by atoms with E-state index in [1.54, 1.807) is 5.56 Å². The summed E-state index contributed by atoms with van der Waals surface area (Å²) in [5, 5.41) is 0. The molecule has 1 aliphatic rings. The third-order valence-electron chi connectivity index (χ3n) is 6.81. The summed E-state index contributed by atoms with van der Waals surface area (Å²) in [6.07, 6.45) is 16.0. The number of hydrogen-bond donors (Lipinski definition) is 0. The molecular weight excluding hydrogens is 336 g/mol. The van der Waals surface area contributed by atoms with Crippen molar-refractivity contribution in [2.75, 3.05) is 0 Å². The van der Waals surface area contributed by atoms with E-state index < -0.39 is 0 Å². The third-order valence-corrected chi connectivity index (χ3v) is 6.81. The minimum absolute atomic E-state index is 0.808. The first-order valence-electron chi connectivity index (χ1n) is 11.9. The van der Waals surface area contributed by atoms with Gasteiger partial charge in [0.05, 0.1) is 0 Å². The van der Waals surface area contributed by atoms with Crippen LogP contribution in [0, 0.1) is 5.92 Å². The van der Waals surface area contributed by atoms with E-state index in [2.05, 4.69) is 62.4 Å². The molecule has 0 unspecified atom stereocenters. The average Bonchev–Trinajstić information content (AvgIpc) is 2.76. The molecule has 1 saturated carbocycles. The lowest BCUT2D eigenvalue weighted by molar-refractivity contribution is 0.304. The molecule has 0 saturated heterocycles. The second kappa shape index (κ2) is 11.4. The smallest absolute Gasteiger partial charge is 0.0162 e. The van der Waals surface area contributed by atoms with Gasteiger partial charge < -0.3 is 0 Å². The minimum atomic E-state index is 0.808. The molecular formula is C28H40. The molecule has 0 amide bonds. The van der Waals surface area contributed by atoms with Crippen molar-refractivity contribution >= 4 is 0 Å². The van der Waals surface area contributed by atoms with Crippen molar-refractivity contribution in [2.45, 2.75) is 96.8 Å². The Balaban J connectivity index is 1.44. The molecule has 28 heavy (non-hydrogen) atoms. The van der Waals surface area contributed by atoms with Crippen LogP contribution < -0.4 is 0 Å². The number of aryl methyl sites for hydroxylation is 3. The first-order chi connectivity index (χ1) is 13.8. The molecule has 0 nitrogen and oxygen atoms in total. The highest BCUT2D eigenvalue weighted by Gasteiger charge is 2.21. The monoisotopic (exact) mass is 376 g/mol. The van der Waals surface area contributed by atoms with E-state index in [1.165, 1.54) is 80.9 Å². The molecule has 0 bridgehead atoms. The fraction of sp³-hybridized carbons (Fsp3) is 0.571. The lowest BCUT2D eigenvalue weighted by Crippen LogP contribution is -2.13. The second-order valence-electron chi connectivity index (χ2n) is 9.02. The Kier molecular flexibility index (Phi) is 8.65. The summed E-state index contributed by atoms with van der Waals surface area (Å²) >= 11 is 0. The van der Waals surface area contributed by atoms with Gasteiger partial charge in [-0.05, 0) is 85.5 Å². The van der Waals surface area contributed by atoms with Gasteiger partial charge in [-0.1, -0.05) is 88.1 Å². The van der Waals surface area contributed by atoms with Crippen LogP contribution in [0.3, 0.4) is 0 Å². The summed E-state index contributed by atoms with van der Waals surface area (Å²) in [6, 6.07) is 18.9. The molecule has 0 aromatic heterocycles. The maximum absolute atomic E-state index is 2.42. The van der Waals surface area contributed by atoms with Crippen molar-refractivity contribution in [2.24, 2.45) is 5.92 Å². The van der Waals surface area contributed by atoms with Gasteiger partial charge in [0.1, 0.15) is 0 Å². The van der Waals surface area contributed by atoms with Crippen molar-refractivity contribution in [3.63, 3.8) is 0 Å². The summed E-state index contributed by atoms with van der Waals surface area (Å²) in [4.78, 5) is 0. The van der Waals surface area contributed by atoms with Crippen molar-refractivity contribution in [3.8, 4) is 0 Å². The Bertz CT molecular complexity index is 656. The first-order valence-corrected chi connectivity index (χ1v) is 11.9. The Labute approximate surface area is 173 Å². The Hall–Kier alpha value is -1.56. The molecule has 0 N–H and O–H groups in total. The fourth-order valence-electron chi connectivity index (χ4n) is 4.78. The van der Waals surface area contributed by atoms with E-state index in [1.807, 2.05) is 0 Å². The molecule has 1 fully saturated rings. The van der Waals surface area contributed by atoms with Crippen molar-refractivity contribution in [1.29, 1.82) is 0 Å². The number of rotatable bonds is 10. The third kappa shape index (κ3) is 6.50. The van der Waals surface area contributed by atoms with Gasteiger partial charge in [0.2, 0.25) is 0 Å². The van der Waals surface area contributed by atoms with Crippen LogP contribution in [0.1, 0.15) is 99.8 Å². The van der Waals surface area contributed by atoms with Crippen LogP contribution in [-0.4, -0.2) is 0 Å². The lowest BCUT2D eigenvalue weighted by atomic mass is 9.77. The molecule has 0 aliphatic heterocycles. The van der Waals surface area contributed by atoms with E-state index in [-0.39, 0.29) is 0 Å². The Morgan fingerprint density at radius 1 is 0.607 bits per heavy atom. The number of hydrogen-bond acceptors (Lipinski definition) is 0. The average molecular weight is 377 g/mol. The van der Waals surface area contributed by atoms with E-state index in [9.17, 15) is 0 Å². The molecule has 0 radical (unpaired) electrons.